The summed E-state index contributed by atoms with van der Waals surface area (Å²) in [6.45, 7) is 0. The number of hydrogen-bond acceptors (Lipinski definition) is 7. The smallest absolute Gasteiger partial charge is 0.264 e. The molecule has 1 amide bonds. The summed E-state index contributed by atoms with van der Waals surface area (Å²) < 4.78 is 24.7. The third-order valence-corrected chi connectivity index (χ3v) is 4.89. The van der Waals surface area contributed by atoms with Crippen LogP contribution in [0, 0.1) is 0 Å². The fourth-order valence-electron chi connectivity index (χ4n) is 1.42. The minimum atomic E-state index is -3.72. The summed E-state index contributed by atoms with van der Waals surface area (Å²) in [7, 11) is -1.19. The molecule has 1 aromatic carbocycles. The first-order valence-corrected chi connectivity index (χ1v) is 7.97. The monoisotopic (exact) mass is 328 g/mol. The summed E-state index contributed by atoms with van der Waals surface area (Å²) in [5.41, 5.74) is 1.80. The number of sulfonamides is 1. The fourth-order valence-corrected chi connectivity index (χ4v) is 2.83. The van der Waals surface area contributed by atoms with Crippen molar-refractivity contribution in [3.63, 3.8) is 0 Å². The highest BCUT2D eigenvalue weighted by Gasteiger charge is 2.21. The summed E-state index contributed by atoms with van der Waals surface area (Å²) >= 11 is 1.19. The molecule has 0 unspecified atom stereocenters. The highest BCUT2D eigenvalue weighted by atomic mass is 32.2. The van der Waals surface area contributed by atoms with Gasteiger partial charge in [-0.2, -0.15) is 0 Å². The molecular weight excluding hydrogens is 316 g/mol. The Morgan fingerprint density at radius 3 is 2.52 bits per heavy atom. The molecule has 8 nitrogen and oxygen atoms in total. The van der Waals surface area contributed by atoms with E-state index in [0.29, 0.717) is 10.7 Å². The van der Waals surface area contributed by atoms with E-state index in [9.17, 15) is 13.2 Å². The summed E-state index contributed by atoms with van der Waals surface area (Å²) in [6.07, 6.45) is 0. The largest absolute Gasteiger partial charge is 0.296 e. The lowest BCUT2D eigenvalue weighted by atomic mass is 10.2. The van der Waals surface area contributed by atoms with E-state index in [0.717, 1.165) is 4.47 Å². The van der Waals surface area contributed by atoms with Crippen LogP contribution < -0.4 is 5.32 Å². The van der Waals surface area contributed by atoms with Crippen LogP contribution in [0.3, 0.4) is 0 Å². The van der Waals surface area contributed by atoms with Crippen LogP contribution in [0.2, 0.25) is 0 Å². The number of benzene rings is 1. The molecule has 0 fully saturated rings. The molecule has 0 saturated heterocycles. The Bertz CT molecular complexity index is 713. The summed E-state index contributed by atoms with van der Waals surface area (Å²) in [5.74, 6) is -0.393. The Morgan fingerprint density at radius 2 is 2.00 bits per heavy atom. The van der Waals surface area contributed by atoms with Crippen molar-refractivity contribution in [1.82, 2.24) is 14.7 Å². The standard InChI is InChI=1S/C11H12N4O4S2/c1-15(19-2)21(17,18)9-5-3-8(4-6-9)10(16)13-11-14-12-7-20-11/h3-7H,1-2H3,(H,13,14,16). The van der Waals surface area contributed by atoms with Crippen molar-refractivity contribution < 1.29 is 18.0 Å². The van der Waals surface area contributed by atoms with E-state index in [2.05, 4.69) is 20.4 Å². The lowest BCUT2D eigenvalue weighted by Gasteiger charge is -2.14. The van der Waals surface area contributed by atoms with Gasteiger partial charge in [0.2, 0.25) is 5.13 Å². The Labute approximate surface area is 125 Å². The fraction of sp³-hybridized carbons (Fsp3) is 0.182. The average molecular weight is 328 g/mol. The second-order valence-corrected chi connectivity index (χ2v) is 6.59. The van der Waals surface area contributed by atoms with E-state index in [4.69, 9.17) is 0 Å². The first-order chi connectivity index (χ1) is 9.95. The van der Waals surface area contributed by atoms with Crippen LogP contribution in [-0.4, -0.2) is 43.1 Å². The number of rotatable bonds is 5. The van der Waals surface area contributed by atoms with E-state index in [1.165, 1.54) is 55.3 Å². The maximum absolute atomic E-state index is 12.0. The van der Waals surface area contributed by atoms with Gasteiger partial charge >= 0.3 is 0 Å². The Balaban J connectivity index is 2.17. The lowest BCUT2D eigenvalue weighted by molar-refractivity contribution is -0.0258. The quantitative estimate of drug-likeness (QED) is 0.821. The van der Waals surface area contributed by atoms with Gasteiger partial charge in [0.25, 0.3) is 15.9 Å². The molecule has 1 heterocycles. The van der Waals surface area contributed by atoms with Gasteiger partial charge in [-0.1, -0.05) is 15.8 Å². The van der Waals surface area contributed by atoms with E-state index in [1.807, 2.05) is 0 Å². The molecule has 0 aliphatic heterocycles. The zero-order chi connectivity index (χ0) is 15.5. The zero-order valence-electron chi connectivity index (χ0n) is 11.2. The van der Waals surface area contributed by atoms with E-state index in [1.54, 1.807) is 0 Å². The van der Waals surface area contributed by atoms with Gasteiger partial charge in [0.15, 0.2) is 0 Å². The van der Waals surface area contributed by atoms with Gasteiger partial charge in [0.05, 0.1) is 12.0 Å². The molecule has 0 spiro atoms. The third kappa shape index (κ3) is 3.42. The molecule has 0 bridgehead atoms. The van der Waals surface area contributed by atoms with Crippen molar-refractivity contribution >= 4 is 32.4 Å². The Hall–Kier alpha value is -1.88. The predicted octanol–water partition coefficient (Wildman–Crippen LogP) is 0.972. The van der Waals surface area contributed by atoms with Crippen molar-refractivity contribution in [1.29, 1.82) is 0 Å². The topological polar surface area (TPSA) is 101 Å². The average Bonchev–Trinajstić information content (AvgIpc) is 2.99. The number of amides is 1. The number of nitrogens with zero attached hydrogens (tertiary/aromatic N) is 3. The van der Waals surface area contributed by atoms with Crippen molar-refractivity contribution in [2.75, 3.05) is 19.5 Å². The number of carbonyl (C=O) groups excluding carboxylic acids is 1. The van der Waals surface area contributed by atoms with Crippen LogP contribution in [0.4, 0.5) is 5.13 Å². The van der Waals surface area contributed by atoms with Crippen LogP contribution in [0.25, 0.3) is 0 Å². The van der Waals surface area contributed by atoms with Crippen LogP contribution >= 0.6 is 11.3 Å². The number of anilines is 1. The molecule has 2 rings (SSSR count). The minimum Gasteiger partial charge on any atom is -0.296 e. The molecule has 1 N–H and O–H groups in total. The van der Waals surface area contributed by atoms with Crippen LogP contribution in [0.15, 0.2) is 34.7 Å². The zero-order valence-corrected chi connectivity index (χ0v) is 12.8. The summed E-state index contributed by atoms with van der Waals surface area (Å²) in [4.78, 5) is 16.6. The molecule has 2 aromatic rings. The first kappa shape index (κ1) is 15.5. The summed E-state index contributed by atoms with van der Waals surface area (Å²) in [5, 5.41) is 10.2. The molecule has 0 atom stereocenters. The van der Waals surface area contributed by atoms with Crippen molar-refractivity contribution in [2.24, 2.45) is 0 Å². The van der Waals surface area contributed by atoms with Gasteiger partial charge in [0.1, 0.15) is 5.51 Å². The second kappa shape index (κ2) is 6.26. The lowest BCUT2D eigenvalue weighted by Crippen LogP contribution is -2.25. The molecule has 0 aliphatic rings. The molecule has 112 valence electrons. The Kier molecular flexibility index (Phi) is 4.63. The first-order valence-electron chi connectivity index (χ1n) is 5.66. The van der Waals surface area contributed by atoms with Crippen molar-refractivity contribution in [2.45, 2.75) is 4.90 Å². The van der Waals surface area contributed by atoms with Crippen LogP contribution in [0.1, 0.15) is 10.4 Å². The van der Waals surface area contributed by atoms with Gasteiger partial charge in [-0.3, -0.25) is 14.9 Å². The highest BCUT2D eigenvalue weighted by Crippen LogP contribution is 2.16. The molecular formula is C11H12N4O4S2. The van der Waals surface area contributed by atoms with Gasteiger partial charge in [-0.15, -0.1) is 10.2 Å². The molecule has 0 aliphatic carbocycles. The SMILES string of the molecule is CON(C)S(=O)(=O)c1ccc(C(=O)Nc2nncs2)cc1. The highest BCUT2D eigenvalue weighted by molar-refractivity contribution is 7.89. The van der Waals surface area contributed by atoms with Gasteiger partial charge in [0, 0.05) is 12.6 Å². The number of hydrogen-bond donors (Lipinski definition) is 1. The molecule has 0 saturated carbocycles. The van der Waals surface area contributed by atoms with Crippen LogP contribution in [-0.2, 0) is 14.9 Å². The van der Waals surface area contributed by atoms with Gasteiger partial charge in [-0.25, -0.2) is 8.42 Å². The maximum atomic E-state index is 12.0. The summed E-state index contributed by atoms with van der Waals surface area (Å²) in [6, 6.07) is 5.49. The van der Waals surface area contributed by atoms with E-state index in [-0.39, 0.29) is 4.90 Å². The Morgan fingerprint density at radius 1 is 1.33 bits per heavy atom. The molecule has 10 heteroatoms. The number of nitrogens with one attached hydrogen (secondary N) is 1. The number of hydroxylamine groups is 1. The van der Waals surface area contributed by atoms with Crippen LogP contribution in [0.5, 0.6) is 0 Å². The van der Waals surface area contributed by atoms with Gasteiger partial charge in [-0.05, 0) is 24.3 Å². The normalized spacial score (nSPS) is 11.6. The molecule has 1 aromatic heterocycles. The predicted molar refractivity (Wildman–Crippen MR) is 76.3 cm³/mol. The number of aromatic nitrogens is 2. The third-order valence-electron chi connectivity index (χ3n) is 2.59. The van der Waals surface area contributed by atoms with Crippen molar-refractivity contribution in [3.8, 4) is 0 Å². The minimum absolute atomic E-state index is 0.0271. The molecule has 0 radical (unpaired) electrons. The van der Waals surface area contributed by atoms with E-state index >= 15 is 0 Å². The second-order valence-electron chi connectivity index (χ2n) is 3.82. The maximum Gasteiger partial charge on any atom is 0.264 e. The molecule has 21 heavy (non-hydrogen) atoms. The van der Waals surface area contributed by atoms with E-state index < -0.39 is 15.9 Å². The van der Waals surface area contributed by atoms with Gasteiger partial charge < -0.3 is 0 Å². The van der Waals surface area contributed by atoms with Crippen molar-refractivity contribution in [3.05, 3.63) is 35.3 Å². The number of carbonyl (C=O) groups is 1.